The van der Waals surface area contributed by atoms with Crippen molar-refractivity contribution in [2.24, 2.45) is 5.73 Å². The van der Waals surface area contributed by atoms with Crippen LogP contribution in [0.3, 0.4) is 0 Å². The topological polar surface area (TPSA) is 56.0 Å². The van der Waals surface area contributed by atoms with Crippen LogP contribution >= 0.6 is 0 Å². The van der Waals surface area contributed by atoms with Crippen molar-refractivity contribution in [1.29, 1.82) is 0 Å². The molecule has 0 saturated heterocycles. The minimum absolute atomic E-state index is 0.250. The summed E-state index contributed by atoms with van der Waals surface area (Å²) in [6.45, 7) is 0. The Morgan fingerprint density at radius 3 is 2.38 bits per heavy atom. The van der Waals surface area contributed by atoms with Gasteiger partial charge in [-0.05, 0) is 16.8 Å². The minimum atomic E-state index is 0.250. The zero-order valence-corrected chi connectivity index (χ0v) is 7.05. The van der Waals surface area contributed by atoms with Crippen LogP contribution in [0, 0.1) is 0 Å². The molecule has 0 aliphatic rings. The molecule has 0 saturated carbocycles. The van der Waals surface area contributed by atoms with E-state index in [4.69, 9.17) is 4.79 Å². The summed E-state index contributed by atoms with van der Waals surface area (Å²) < 4.78 is 0. The number of nitrogens with zero attached hydrogens (tertiary/aromatic N) is 1. The average molecular weight is 174 g/mol. The van der Waals surface area contributed by atoms with Crippen LogP contribution in [0.1, 0.15) is 0 Å². The summed E-state index contributed by atoms with van der Waals surface area (Å²) >= 11 is 0. The molecule has 0 fully saturated rings. The third-order valence-corrected chi connectivity index (χ3v) is 1.55. The molecular weight excluding hydrogens is 164 g/mol. The summed E-state index contributed by atoms with van der Waals surface area (Å²) in [6.07, 6.45) is 3.93. The molecule has 3 heteroatoms. The Kier molecular flexibility index (Phi) is 3.45. The lowest BCUT2D eigenvalue weighted by Crippen LogP contribution is -1.82. The molecule has 1 aromatic heterocycles. The van der Waals surface area contributed by atoms with E-state index in [0.717, 1.165) is 0 Å². The van der Waals surface area contributed by atoms with Crippen LogP contribution < -0.4 is 5.73 Å². The van der Waals surface area contributed by atoms with E-state index < -0.39 is 0 Å². The maximum absolute atomic E-state index is 8.58. The number of fused-ring (bicyclic) bond motifs is 1. The molecule has 2 aromatic rings. The Bertz CT molecular complexity index is 322. The number of carbonyl (C=O) groups excluding carboxylic acids is 1. The molecule has 1 amide bonds. The first-order valence-corrected chi connectivity index (χ1v) is 3.82. The van der Waals surface area contributed by atoms with E-state index in [1.54, 1.807) is 0 Å². The highest BCUT2D eigenvalue weighted by atomic mass is 16.1. The number of pyridine rings is 1. The smallest absolute Gasteiger partial charge is 0.204 e. The van der Waals surface area contributed by atoms with Crippen molar-refractivity contribution in [2.45, 2.75) is 0 Å². The van der Waals surface area contributed by atoms with Crippen LogP contribution in [0.25, 0.3) is 10.8 Å². The van der Waals surface area contributed by atoms with Gasteiger partial charge in [-0.3, -0.25) is 9.78 Å². The zero-order valence-electron chi connectivity index (χ0n) is 7.05. The van der Waals surface area contributed by atoms with Gasteiger partial charge in [0, 0.05) is 12.4 Å². The van der Waals surface area contributed by atoms with E-state index >= 15 is 0 Å². The Labute approximate surface area is 76.2 Å². The number of nitrogens with two attached hydrogens (primary N) is 1. The first kappa shape index (κ1) is 9.19. The van der Waals surface area contributed by atoms with Crippen molar-refractivity contribution in [2.75, 3.05) is 0 Å². The molecule has 0 radical (unpaired) electrons. The second-order valence-electron chi connectivity index (χ2n) is 2.36. The summed E-state index contributed by atoms with van der Waals surface area (Å²) in [4.78, 5) is 12.6. The summed E-state index contributed by atoms with van der Waals surface area (Å²) in [5.41, 5.74) is 4.17. The van der Waals surface area contributed by atoms with Gasteiger partial charge in [0.2, 0.25) is 6.41 Å². The van der Waals surface area contributed by atoms with Crippen molar-refractivity contribution >= 4 is 17.2 Å². The van der Waals surface area contributed by atoms with Gasteiger partial charge in [-0.1, -0.05) is 24.3 Å². The van der Waals surface area contributed by atoms with Gasteiger partial charge in [0.1, 0.15) is 0 Å². The fraction of sp³-hybridized carbons (Fsp3) is 0. The van der Waals surface area contributed by atoms with Crippen LogP contribution in [-0.4, -0.2) is 11.4 Å². The lowest BCUT2D eigenvalue weighted by Gasteiger charge is -1.91. The monoisotopic (exact) mass is 174 g/mol. The maximum atomic E-state index is 8.58. The Balaban J connectivity index is 0.000000251. The highest BCUT2D eigenvalue weighted by molar-refractivity contribution is 5.80. The first-order chi connectivity index (χ1) is 6.38. The van der Waals surface area contributed by atoms with Crippen LogP contribution in [0.4, 0.5) is 0 Å². The fourth-order valence-corrected chi connectivity index (χ4v) is 1.03. The molecule has 0 bridgehead atoms. The van der Waals surface area contributed by atoms with Crippen molar-refractivity contribution in [3.8, 4) is 0 Å². The Hall–Kier alpha value is -1.90. The van der Waals surface area contributed by atoms with Gasteiger partial charge in [-0.2, -0.15) is 0 Å². The van der Waals surface area contributed by atoms with E-state index in [-0.39, 0.29) is 6.41 Å². The third-order valence-electron chi connectivity index (χ3n) is 1.55. The largest absolute Gasteiger partial charge is 0.372 e. The standard InChI is InChI=1S/C9H7N.CH3NO/c1-2-4-9-7-10-6-5-8(9)3-1;2-1-3/h1-7H;1H,(H2,2,3). The third kappa shape index (κ3) is 2.56. The molecule has 13 heavy (non-hydrogen) atoms. The second-order valence-corrected chi connectivity index (χ2v) is 2.36. The van der Waals surface area contributed by atoms with E-state index in [0.29, 0.717) is 0 Å². The summed E-state index contributed by atoms with van der Waals surface area (Å²) in [7, 11) is 0. The minimum Gasteiger partial charge on any atom is -0.372 e. The molecule has 1 aromatic carbocycles. The summed E-state index contributed by atoms with van der Waals surface area (Å²) in [6, 6.07) is 10.2. The van der Waals surface area contributed by atoms with Gasteiger partial charge in [0.05, 0.1) is 0 Å². The lowest BCUT2D eigenvalue weighted by atomic mass is 10.2. The number of hydrogen-bond acceptors (Lipinski definition) is 2. The molecular formula is C10H10N2O. The fourth-order valence-electron chi connectivity index (χ4n) is 1.03. The van der Waals surface area contributed by atoms with Crippen LogP contribution in [0.5, 0.6) is 0 Å². The molecule has 2 N–H and O–H groups in total. The average Bonchev–Trinajstić information content (AvgIpc) is 2.19. The highest BCUT2D eigenvalue weighted by Gasteiger charge is 1.86. The predicted octanol–water partition coefficient (Wildman–Crippen LogP) is 1.34. The Morgan fingerprint density at radius 2 is 1.77 bits per heavy atom. The SMILES string of the molecule is NC=O.c1ccc2cnccc2c1. The zero-order chi connectivity index (χ0) is 9.52. The van der Waals surface area contributed by atoms with E-state index in [1.807, 2.05) is 30.6 Å². The van der Waals surface area contributed by atoms with E-state index in [9.17, 15) is 0 Å². The van der Waals surface area contributed by atoms with Gasteiger partial charge in [0.15, 0.2) is 0 Å². The molecule has 66 valence electrons. The molecule has 0 unspecified atom stereocenters. The molecule has 1 heterocycles. The second kappa shape index (κ2) is 4.87. The lowest BCUT2D eigenvalue weighted by molar-refractivity contribution is -0.106. The normalized spacial score (nSPS) is 8.62. The molecule has 0 aliphatic carbocycles. The maximum Gasteiger partial charge on any atom is 0.204 e. The molecule has 0 aliphatic heterocycles. The Morgan fingerprint density at radius 1 is 1.15 bits per heavy atom. The van der Waals surface area contributed by atoms with Crippen LogP contribution in [-0.2, 0) is 4.79 Å². The number of primary amides is 1. The van der Waals surface area contributed by atoms with Crippen molar-refractivity contribution in [3.05, 3.63) is 42.7 Å². The van der Waals surface area contributed by atoms with Crippen molar-refractivity contribution in [3.63, 3.8) is 0 Å². The first-order valence-electron chi connectivity index (χ1n) is 3.82. The number of carbonyl (C=O) groups is 1. The molecule has 0 atom stereocenters. The molecule has 0 spiro atoms. The molecule has 2 rings (SSSR count). The predicted molar refractivity (Wildman–Crippen MR) is 52.0 cm³/mol. The van der Waals surface area contributed by atoms with E-state index in [1.165, 1.54) is 10.8 Å². The number of benzene rings is 1. The highest BCUT2D eigenvalue weighted by Crippen LogP contribution is 2.09. The summed E-state index contributed by atoms with van der Waals surface area (Å²) in [5.74, 6) is 0. The van der Waals surface area contributed by atoms with Crippen molar-refractivity contribution in [1.82, 2.24) is 4.98 Å². The van der Waals surface area contributed by atoms with Gasteiger partial charge in [0.25, 0.3) is 0 Å². The quantitative estimate of drug-likeness (QED) is 0.612. The van der Waals surface area contributed by atoms with Gasteiger partial charge in [-0.25, -0.2) is 0 Å². The van der Waals surface area contributed by atoms with Gasteiger partial charge < -0.3 is 5.73 Å². The number of aromatic nitrogens is 1. The van der Waals surface area contributed by atoms with Gasteiger partial charge in [-0.15, -0.1) is 0 Å². The van der Waals surface area contributed by atoms with Crippen LogP contribution in [0.15, 0.2) is 42.7 Å². The number of hydrogen-bond donors (Lipinski definition) is 1. The number of rotatable bonds is 0. The van der Waals surface area contributed by atoms with Crippen LogP contribution in [0.2, 0.25) is 0 Å². The molecule has 3 nitrogen and oxygen atoms in total. The number of amides is 1. The van der Waals surface area contributed by atoms with E-state index in [2.05, 4.69) is 22.9 Å². The van der Waals surface area contributed by atoms with Crippen molar-refractivity contribution < 1.29 is 4.79 Å². The summed E-state index contributed by atoms with van der Waals surface area (Å²) in [5, 5.41) is 2.45. The van der Waals surface area contributed by atoms with Gasteiger partial charge >= 0.3 is 0 Å².